The zero-order valence-electron chi connectivity index (χ0n) is 17.2. The van der Waals surface area contributed by atoms with E-state index in [0.29, 0.717) is 23.8 Å². The molecule has 4 aromatic rings. The van der Waals surface area contributed by atoms with Gasteiger partial charge in [-0.1, -0.05) is 0 Å². The van der Waals surface area contributed by atoms with Gasteiger partial charge in [0.1, 0.15) is 11.6 Å². The Morgan fingerprint density at radius 1 is 1.03 bits per heavy atom. The van der Waals surface area contributed by atoms with Crippen molar-refractivity contribution in [3.05, 3.63) is 87.7 Å². The van der Waals surface area contributed by atoms with Crippen LogP contribution in [-0.2, 0) is 13.1 Å². The molecule has 1 aromatic carbocycles. The predicted octanol–water partition coefficient (Wildman–Crippen LogP) is 4.22. The molecule has 0 unspecified atom stereocenters. The summed E-state index contributed by atoms with van der Waals surface area (Å²) in [5, 5.41) is 0.867. The van der Waals surface area contributed by atoms with Gasteiger partial charge in [0, 0.05) is 34.0 Å². The second-order valence-corrected chi connectivity index (χ2v) is 8.26. The van der Waals surface area contributed by atoms with Gasteiger partial charge in [-0.3, -0.25) is 9.78 Å². The van der Waals surface area contributed by atoms with E-state index in [2.05, 4.69) is 35.9 Å². The maximum Gasteiger partial charge on any atom is 0.254 e. The normalized spacial score (nSPS) is 10.9. The van der Waals surface area contributed by atoms with E-state index in [4.69, 9.17) is 5.73 Å². The van der Waals surface area contributed by atoms with Crippen molar-refractivity contribution in [3.63, 3.8) is 0 Å². The van der Waals surface area contributed by atoms with E-state index in [1.165, 1.54) is 0 Å². The summed E-state index contributed by atoms with van der Waals surface area (Å²) < 4.78 is 0.898. The molecule has 0 aliphatic carbocycles. The van der Waals surface area contributed by atoms with Crippen LogP contribution in [0.2, 0.25) is 0 Å². The molecule has 7 nitrogen and oxygen atoms in total. The van der Waals surface area contributed by atoms with Crippen molar-refractivity contribution in [1.82, 2.24) is 24.8 Å². The molecule has 3 heterocycles. The Morgan fingerprint density at radius 3 is 2.55 bits per heavy atom. The van der Waals surface area contributed by atoms with Gasteiger partial charge in [-0.2, -0.15) is 0 Å². The highest BCUT2D eigenvalue weighted by atomic mass is 79.9. The number of aromatic nitrogens is 4. The second kappa shape index (κ2) is 8.77. The van der Waals surface area contributed by atoms with E-state index >= 15 is 0 Å². The number of nitrogens with zero attached hydrogens (tertiary/aromatic N) is 5. The first-order chi connectivity index (χ1) is 14.9. The van der Waals surface area contributed by atoms with Crippen molar-refractivity contribution in [3.8, 4) is 0 Å². The van der Waals surface area contributed by atoms with Crippen LogP contribution in [0.5, 0.6) is 0 Å². The molecule has 1 amide bonds. The van der Waals surface area contributed by atoms with E-state index < -0.39 is 0 Å². The minimum Gasteiger partial charge on any atom is -0.383 e. The lowest BCUT2D eigenvalue weighted by molar-refractivity contribution is 0.0723. The van der Waals surface area contributed by atoms with Gasteiger partial charge in [0.2, 0.25) is 0 Å². The van der Waals surface area contributed by atoms with Crippen LogP contribution in [0.1, 0.15) is 33.0 Å². The standard InChI is InChI=1S/C23H21BrN6O/c1-14-9-18(24)11-28-20(14)12-30(13-21-26-6-3-7-27-21)23(31)16-4-5-19-17(10-16)8-15(2)22(25)29-19/h3-11H,12-13H2,1-2H3,(H2,25,29). The maximum atomic E-state index is 13.5. The summed E-state index contributed by atoms with van der Waals surface area (Å²) in [4.78, 5) is 32.7. The summed E-state index contributed by atoms with van der Waals surface area (Å²) in [6, 6.07) is 11.1. The van der Waals surface area contributed by atoms with Crippen LogP contribution in [0.15, 0.2) is 59.5 Å². The first kappa shape index (κ1) is 20.9. The first-order valence-electron chi connectivity index (χ1n) is 9.74. The number of pyridine rings is 2. The van der Waals surface area contributed by atoms with Gasteiger partial charge in [-0.25, -0.2) is 15.0 Å². The number of fused-ring (bicyclic) bond motifs is 1. The third-order valence-electron chi connectivity index (χ3n) is 5.02. The highest BCUT2D eigenvalue weighted by Crippen LogP contribution is 2.22. The maximum absolute atomic E-state index is 13.5. The number of amides is 1. The van der Waals surface area contributed by atoms with Gasteiger partial charge < -0.3 is 10.6 Å². The fourth-order valence-electron chi connectivity index (χ4n) is 3.31. The molecule has 2 N–H and O–H groups in total. The molecule has 0 saturated carbocycles. The smallest absolute Gasteiger partial charge is 0.254 e. The van der Waals surface area contributed by atoms with Crippen molar-refractivity contribution in [1.29, 1.82) is 0 Å². The Morgan fingerprint density at radius 2 is 1.81 bits per heavy atom. The number of nitrogen functional groups attached to an aromatic ring is 1. The highest BCUT2D eigenvalue weighted by Gasteiger charge is 2.20. The molecule has 4 rings (SSSR count). The third-order valence-corrected chi connectivity index (χ3v) is 5.46. The molecule has 156 valence electrons. The van der Waals surface area contributed by atoms with Crippen LogP contribution >= 0.6 is 15.9 Å². The number of anilines is 1. The number of hydrogen-bond acceptors (Lipinski definition) is 6. The minimum atomic E-state index is -0.132. The van der Waals surface area contributed by atoms with Crippen LogP contribution in [0.4, 0.5) is 5.82 Å². The number of aryl methyl sites for hydroxylation is 2. The average Bonchev–Trinajstić information content (AvgIpc) is 2.76. The van der Waals surface area contributed by atoms with Gasteiger partial charge >= 0.3 is 0 Å². The quantitative estimate of drug-likeness (QED) is 0.462. The number of halogens is 1. The van der Waals surface area contributed by atoms with E-state index in [9.17, 15) is 4.79 Å². The molecule has 0 fully saturated rings. The van der Waals surface area contributed by atoms with Gasteiger partial charge in [0.25, 0.3) is 5.91 Å². The summed E-state index contributed by atoms with van der Waals surface area (Å²) in [6.07, 6.45) is 5.07. The van der Waals surface area contributed by atoms with Crippen LogP contribution < -0.4 is 5.73 Å². The van der Waals surface area contributed by atoms with Crippen molar-refractivity contribution >= 4 is 38.6 Å². The summed E-state index contributed by atoms with van der Waals surface area (Å²) in [6.45, 7) is 4.49. The molecule has 8 heteroatoms. The Balaban J connectivity index is 1.70. The van der Waals surface area contributed by atoms with Crippen molar-refractivity contribution in [2.45, 2.75) is 26.9 Å². The fraction of sp³-hybridized carbons (Fsp3) is 0.174. The predicted molar refractivity (Wildman–Crippen MR) is 123 cm³/mol. The average molecular weight is 477 g/mol. The Bertz CT molecular complexity index is 1260. The van der Waals surface area contributed by atoms with Gasteiger partial charge in [-0.15, -0.1) is 0 Å². The molecular formula is C23H21BrN6O. The number of rotatable bonds is 5. The van der Waals surface area contributed by atoms with Gasteiger partial charge in [-0.05, 0) is 77.3 Å². The number of carbonyl (C=O) groups excluding carboxylic acids is 1. The van der Waals surface area contributed by atoms with Crippen molar-refractivity contribution < 1.29 is 4.79 Å². The molecule has 0 spiro atoms. The second-order valence-electron chi connectivity index (χ2n) is 7.34. The fourth-order valence-corrected chi connectivity index (χ4v) is 3.76. The molecule has 0 radical (unpaired) electrons. The van der Waals surface area contributed by atoms with Crippen molar-refractivity contribution in [2.75, 3.05) is 5.73 Å². The lowest BCUT2D eigenvalue weighted by Gasteiger charge is -2.23. The van der Waals surface area contributed by atoms with Crippen molar-refractivity contribution in [2.24, 2.45) is 0 Å². The van der Waals surface area contributed by atoms with E-state index in [-0.39, 0.29) is 12.5 Å². The SMILES string of the molecule is Cc1cc2cc(C(=O)N(Cc3ncccn3)Cc3ncc(Br)cc3C)ccc2nc1N. The number of nitrogens with two attached hydrogens (primary N) is 1. The Kier molecular flexibility index (Phi) is 5.90. The molecule has 0 atom stereocenters. The van der Waals surface area contributed by atoms with Crippen LogP contribution in [0.3, 0.4) is 0 Å². The minimum absolute atomic E-state index is 0.132. The highest BCUT2D eigenvalue weighted by molar-refractivity contribution is 9.10. The van der Waals surface area contributed by atoms with Crippen LogP contribution in [-0.4, -0.2) is 30.7 Å². The molecule has 0 aliphatic rings. The lowest BCUT2D eigenvalue weighted by atomic mass is 10.1. The largest absolute Gasteiger partial charge is 0.383 e. The zero-order valence-corrected chi connectivity index (χ0v) is 18.8. The number of hydrogen-bond donors (Lipinski definition) is 1. The van der Waals surface area contributed by atoms with E-state index in [1.807, 2.05) is 38.1 Å². The molecular weight excluding hydrogens is 456 g/mol. The molecule has 0 saturated heterocycles. The Hall–Kier alpha value is -3.39. The topological polar surface area (TPSA) is 97.9 Å². The van der Waals surface area contributed by atoms with Crippen LogP contribution in [0.25, 0.3) is 10.9 Å². The Labute approximate surface area is 188 Å². The van der Waals surface area contributed by atoms with Crippen LogP contribution in [0, 0.1) is 13.8 Å². The first-order valence-corrected chi connectivity index (χ1v) is 10.5. The molecule has 0 bridgehead atoms. The van der Waals surface area contributed by atoms with E-state index in [1.54, 1.807) is 35.6 Å². The van der Waals surface area contributed by atoms with E-state index in [0.717, 1.165) is 32.2 Å². The molecule has 3 aromatic heterocycles. The monoisotopic (exact) mass is 476 g/mol. The summed E-state index contributed by atoms with van der Waals surface area (Å²) in [7, 11) is 0. The summed E-state index contributed by atoms with van der Waals surface area (Å²) in [5.74, 6) is 0.927. The molecule has 31 heavy (non-hydrogen) atoms. The van der Waals surface area contributed by atoms with Gasteiger partial charge in [0.15, 0.2) is 0 Å². The molecule has 0 aliphatic heterocycles. The summed E-state index contributed by atoms with van der Waals surface area (Å²) >= 11 is 3.44. The zero-order chi connectivity index (χ0) is 22.0. The summed E-state index contributed by atoms with van der Waals surface area (Å²) in [5.41, 5.74) is 9.92. The third kappa shape index (κ3) is 4.69. The van der Waals surface area contributed by atoms with Gasteiger partial charge in [0.05, 0.1) is 24.3 Å². The number of benzene rings is 1. The number of carbonyl (C=O) groups is 1. The lowest BCUT2D eigenvalue weighted by Crippen LogP contribution is -2.31.